The molecule has 0 bridgehead atoms. The van der Waals surface area contributed by atoms with Crippen LogP contribution < -0.4 is 5.73 Å². The first-order valence-electron chi connectivity index (χ1n) is 5.25. The SMILES string of the molecule is CC(C)c1cnc2cc(CCN)nn2c1. The molecule has 0 amide bonds. The fraction of sp³-hybridized carbons (Fsp3) is 0.455. The van der Waals surface area contributed by atoms with E-state index >= 15 is 0 Å². The quantitative estimate of drug-likeness (QED) is 0.821. The van der Waals surface area contributed by atoms with Gasteiger partial charge in [0.1, 0.15) is 0 Å². The predicted molar refractivity (Wildman–Crippen MR) is 59.8 cm³/mol. The van der Waals surface area contributed by atoms with Crippen LogP contribution in [0.25, 0.3) is 5.65 Å². The molecular weight excluding hydrogens is 188 g/mol. The van der Waals surface area contributed by atoms with Crippen molar-refractivity contribution in [1.29, 1.82) is 0 Å². The van der Waals surface area contributed by atoms with Gasteiger partial charge >= 0.3 is 0 Å². The average Bonchev–Trinajstić information content (AvgIpc) is 2.59. The predicted octanol–water partition coefficient (Wildman–Crippen LogP) is 1.35. The molecule has 2 aromatic heterocycles. The Kier molecular flexibility index (Phi) is 2.68. The minimum atomic E-state index is 0.476. The highest BCUT2D eigenvalue weighted by Crippen LogP contribution is 2.13. The molecule has 0 aliphatic rings. The minimum absolute atomic E-state index is 0.476. The lowest BCUT2D eigenvalue weighted by Gasteiger charge is -2.03. The highest BCUT2D eigenvalue weighted by molar-refractivity contribution is 5.39. The summed E-state index contributed by atoms with van der Waals surface area (Å²) < 4.78 is 1.83. The molecule has 4 nitrogen and oxygen atoms in total. The molecule has 15 heavy (non-hydrogen) atoms. The van der Waals surface area contributed by atoms with Gasteiger partial charge in [-0.1, -0.05) is 13.8 Å². The van der Waals surface area contributed by atoms with Gasteiger partial charge in [0.25, 0.3) is 0 Å². The molecule has 0 saturated carbocycles. The van der Waals surface area contributed by atoms with Crippen LogP contribution in [0, 0.1) is 0 Å². The van der Waals surface area contributed by atoms with E-state index in [2.05, 4.69) is 23.9 Å². The van der Waals surface area contributed by atoms with Crippen LogP contribution in [-0.2, 0) is 6.42 Å². The lowest BCUT2D eigenvalue weighted by molar-refractivity contribution is 0.805. The van der Waals surface area contributed by atoms with Crippen molar-refractivity contribution < 1.29 is 0 Å². The topological polar surface area (TPSA) is 56.2 Å². The van der Waals surface area contributed by atoms with Gasteiger partial charge in [-0.15, -0.1) is 0 Å². The van der Waals surface area contributed by atoms with Gasteiger partial charge in [0.15, 0.2) is 5.65 Å². The van der Waals surface area contributed by atoms with E-state index in [9.17, 15) is 0 Å². The van der Waals surface area contributed by atoms with Crippen LogP contribution in [0.5, 0.6) is 0 Å². The molecule has 0 aromatic carbocycles. The molecule has 4 heteroatoms. The van der Waals surface area contributed by atoms with Crippen molar-refractivity contribution in [3.8, 4) is 0 Å². The average molecular weight is 204 g/mol. The second-order valence-corrected chi connectivity index (χ2v) is 4.02. The van der Waals surface area contributed by atoms with Gasteiger partial charge in [0.05, 0.1) is 5.69 Å². The van der Waals surface area contributed by atoms with E-state index in [1.54, 1.807) is 0 Å². The van der Waals surface area contributed by atoms with Crippen molar-refractivity contribution in [3.05, 3.63) is 29.7 Å². The monoisotopic (exact) mass is 204 g/mol. The molecule has 2 N–H and O–H groups in total. The van der Waals surface area contributed by atoms with Gasteiger partial charge in [-0.25, -0.2) is 9.50 Å². The highest BCUT2D eigenvalue weighted by atomic mass is 15.2. The van der Waals surface area contributed by atoms with Crippen molar-refractivity contribution in [3.63, 3.8) is 0 Å². The number of fused-ring (bicyclic) bond motifs is 1. The third-order valence-electron chi connectivity index (χ3n) is 2.45. The van der Waals surface area contributed by atoms with E-state index in [1.165, 1.54) is 5.56 Å². The zero-order chi connectivity index (χ0) is 10.8. The molecular formula is C11H16N4. The molecule has 0 spiro atoms. The number of rotatable bonds is 3. The summed E-state index contributed by atoms with van der Waals surface area (Å²) in [7, 11) is 0. The number of nitrogens with two attached hydrogens (primary N) is 1. The first-order chi connectivity index (χ1) is 7.20. The van der Waals surface area contributed by atoms with E-state index < -0.39 is 0 Å². The molecule has 2 aromatic rings. The Bertz CT molecular complexity index is 459. The Morgan fingerprint density at radius 1 is 1.47 bits per heavy atom. The lowest BCUT2D eigenvalue weighted by atomic mass is 10.1. The minimum Gasteiger partial charge on any atom is -0.330 e. The van der Waals surface area contributed by atoms with Crippen molar-refractivity contribution in [2.24, 2.45) is 5.73 Å². The maximum Gasteiger partial charge on any atom is 0.155 e. The summed E-state index contributed by atoms with van der Waals surface area (Å²) in [6, 6.07) is 1.98. The molecule has 0 aliphatic carbocycles. The summed E-state index contributed by atoms with van der Waals surface area (Å²) in [5, 5.41) is 4.42. The number of aromatic nitrogens is 3. The van der Waals surface area contributed by atoms with Crippen molar-refractivity contribution in [2.75, 3.05) is 6.54 Å². The fourth-order valence-electron chi connectivity index (χ4n) is 1.51. The van der Waals surface area contributed by atoms with Gasteiger partial charge < -0.3 is 5.73 Å². The van der Waals surface area contributed by atoms with Gasteiger partial charge in [-0.3, -0.25) is 0 Å². The van der Waals surface area contributed by atoms with Crippen molar-refractivity contribution in [1.82, 2.24) is 14.6 Å². The zero-order valence-corrected chi connectivity index (χ0v) is 9.14. The zero-order valence-electron chi connectivity index (χ0n) is 9.14. The van der Waals surface area contributed by atoms with Crippen LogP contribution in [0.1, 0.15) is 31.0 Å². The summed E-state index contributed by atoms with van der Waals surface area (Å²) in [4.78, 5) is 4.36. The smallest absolute Gasteiger partial charge is 0.155 e. The molecule has 0 aliphatic heterocycles. The van der Waals surface area contributed by atoms with E-state index in [1.807, 2.05) is 23.0 Å². The van der Waals surface area contributed by atoms with Crippen LogP contribution in [-0.4, -0.2) is 21.1 Å². The lowest BCUT2D eigenvalue weighted by Crippen LogP contribution is -2.03. The van der Waals surface area contributed by atoms with E-state index in [-0.39, 0.29) is 0 Å². The van der Waals surface area contributed by atoms with Crippen molar-refractivity contribution >= 4 is 5.65 Å². The Labute approximate surface area is 89.1 Å². The molecule has 80 valence electrons. The standard InChI is InChI=1S/C11H16N4/c1-8(2)9-6-13-11-5-10(3-4-12)14-15(11)7-9/h5-8H,3-4,12H2,1-2H3. The van der Waals surface area contributed by atoms with Crippen LogP contribution in [0.3, 0.4) is 0 Å². The van der Waals surface area contributed by atoms with Gasteiger partial charge in [-0.2, -0.15) is 5.10 Å². The first-order valence-corrected chi connectivity index (χ1v) is 5.25. The van der Waals surface area contributed by atoms with Crippen molar-refractivity contribution in [2.45, 2.75) is 26.2 Å². The molecule has 0 saturated heterocycles. The summed E-state index contributed by atoms with van der Waals surface area (Å²) >= 11 is 0. The Morgan fingerprint density at radius 3 is 2.93 bits per heavy atom. The second kappa shape index (κ2) is 3.98. The third kappa shape index (κ3) is 1.99. The van der Waals surface area contributed by atoms with Crippen LogP contribution in [0.4, 0.5) is 0 Å². The van der Waals surface area contributed by atoms with E-state index in [0.717, 1.165) is 17.8 Å². The largest absolute Gasteiger partial charge is 0.330 e. The maximum atomic E-state index is 5.49. The van der Waals surface area contributed by atoms with Crippen LogP contribution >= 0.6 is 0 Å². The van der Waals surface area contributed by atoms with E-state index in [0.29, 0.717) is 12.5 Å². The van der Waals surface area contributed by atoms with Gasteiger partial charge in [-0.05, 0) is 18.0 Å². The maximum absolute atomic E-state index is 5.49. The normalized spacial score (nSPS) is 11.5. The van der Waals surface area contributed by atoms with Gasteiger partial charge in [0, 0.05) is 24.9 Å². The second-order valence-electron chi connectivity index (χ2n) is 4.02. The molecule has 0 radical (unpaired) electrons. The molecule has 2 rings (SSSR count). The fourth-order valence-corrected chi connectivity index (χ4v) is 1.51. The summed E-state index contributed by atoms with van der Waals surface area (Å²) in [6.07, 6.45) is 4.75. The summed E-state index contributed by atoms with van der Waals surface area (Å²) in [6.45, 7) is 4.92. The van der Waals surface area contributed by atoms with Gasteiger partial charge in [0.2, 0.25) is 0 Å². The Morgan fingerprint density at radius 2 is 2.27 bits per heavy atom. The van der Waals surface area contributed by atoms with Crippen LogP contribution in [0.15, 0.2) is 18.5 Å². The Hall–Kier alpha value is -1.42. The molecule has 2 heterocycles. The van der Waals surface area contributed by atoms with Crippen LogP contribution in [0.2, 0.25) is 0 Å². The first kappa shape index (κ1) is 10.1. The third-order valence-corrected chi connectivity index (χ3v) is 2.45. The highest BCUT2D eigenvalue weighted by Gasteiger charge is 2.04. The Balaban J connectivity index is 2.43. The number of nitrogens with zero attached hydrogens (tertiary/aromatic N) is 3. The molecule has 0 unspecified atom stereocenters. The summed E-state index contributed by atoms with van der Waals surface area (Å²) in [5.41, 5.74) is 8.59. The molecule has 0 fully saturated rings. The molecule has 0 atom stereocenters. The number of hydrogen-bond donors (Lipinski definition) is 1. The number of hydrogen-bond acceptors (Lipinski definition) is 3. The summed E-state index contributed by atoms with van der Waals surface area (Å²) in [5.74, 6) is 0.476. The van der Waals surface area contributed by atoms with E-state index in [4.69, 9.17) is 5.73 Å².